The molecular weight excluding hydrogens is 627 g/mol. The molecule has 0 aliphatic carbocycles. The molecule has 4 aromatic heterocycles. The van der Waals surface area contributed by atoms with E-state index in [1.165, 1.54) is 10.8 Å². The summed E-state index contributed by atoms with van der Waals surface area (Å²) < 4.78 is 11.1. The molecule has 0 aliphatic heterocycles. The van der Waals surface area contributed by atoms with Crippen LogP contribution in [0.4, 0.5) is 0 Å². The van der Waals surface area contributed by atoms with Gasteiger partial charge in [-0.1, -0.05) is 115 Å². The van der Waals surface area contributed by atoms with E-state index < -0.39 is 0 Å². The van der Waals surface area contributed by atoms with E-state index in [2.05, 4.69) is 130 Å². The highest BCUT2D eigenvalue weighted by molar-refractivity contribution is 6.13. The summed E-state index contributed by atoms with van der Waals surface area (Å²) in [6, 6.07) is 56.6. The fraction of sp³-hybridized carbons (Fsp3) is 0. The molecule has 0 bridgehead atoms. The van der Waals surface area contributed by atoms with Crippen LogP contribution in [0.5, 0.6) is 0 Å². The third-order valence-electron chi connectivity index (χ3n) is 10.00. The molecule has 0 N–H and O–H groups in total. The Bertz CT molecular complexity index is 3040. The summed E-state index contributed by atoms with van der Waals surface area (Å²) in [6.45, 7) is 0. The van der Waals surface area contributed by atoms with Gasteiger partial charge in [-0.05, 0) is 42.5 Å². The Kier molecular flexibility index (Phi) is 5.86. The summed E-state index contributed by atoms with van der Waals surface area (Å²) in [6.07, 6.45) is 0. The monoisotopic (exact) mass is 653 g/mol. The molecule has 4 heterocycles. The largest absolute Gasteiger partial charge is 0.456 e. The van der Waals surface area contributed by atoms with Gasteiger partial charge in [-0.25, -0.2) is 4.98 Å². The maximum absolute atomic E-state index is 6.62. The lowest BCUT2D eigenvalue weighted by atomic mass is 10.1. The highest BCUT2D eigenvalue weighted by atomic mass is 16.3. The molecule has 6 heteroatoms. The van der Waals surface area contributed by atoms with Gasteiger partial charge >= 0.3 is 0 Å². The first-order valence-corrected chi connectivity index (χ1v) is 17.0. The Labute approximate surface area is 291 Å². The Morgan fingerprint density at radius 3 is 1.57 bits per heavy atom. The fourth-order valence-corrected chi connectivity index (χ4v) is 7.78. The van der Waals surface area contributed by atoms with Gasteiger partial charge in [0.15, 0.2) is 11.6 Å². The molecule has 0 fully saturated rings. The minimum atomic E-state index is 0.565. The van der Waals surface area contributed by atoms with Crippen molar-refractivity contribution in [1.29, 1.82) is 0 Å². The van der Waals surface area contributed by atoms with Gasteiger partial charge in [-0.3, -0.25) is 4.57 Å². The van der Waals surface area contributed by atoms with Crippen molar-refractivity contribution in [2.75, 3.05) is 0 Å². The van der Waals surface area contributed by atoms with Crippen molar-refractivity contribution in [2.24, 2.45) is 0 Å². The van der Waals surface area contributed by atoms with Crippen LogP contribution in [0.2, 0.25) is 0 Å². The summed E-state index contributed by atoms with van der Waals surface area (Å²) in [5.74, 6) is 1.76. The molecule has 51 heavy (non-hydrogen) atoms. The second kappa shape index (κ2) is 10.7. The zero-order chi connectivity index (χ0) is 33.5. The zero-order valence-electron chi connectivity index (χ0n) is 27.2. The molecule has 11 aromatic rings. The number of fused-ring (bicyclic) bond motifs is 9. The lowest BCUT2D eigenvalue weighted by Gasteiger charge is -2.11. The summed E-state index contributed by atoms with van der Waals surface area (Å²) >= 11 is 0. The first-order valence-electron chi connectivity index (χ1n) is 17.0. The first kappa shape index (κ1) is 27.9. The van der Waals surface area contributed by atoms with Gasteiger partial charge in [0.25, 0.3) is 0 Å². The van der Waals surface area contributed by atoms with E-state index in [0.717, 1.165) is 71.6 Å². The van der Waals surface area contributed by atoms with Crippen molar-refractivity contribution >= 4 is 65.6 Å². The second-order valence-corrected chi connectivity index (χ2v) is 12.8. The topological polar surface area (TPSA) is 61.7 Å². The van der Waals surface area contributed by atoms with E-state index in [0.29, 0.717) is 17.6 Å². The number of hydrogen-bond acceptors (Lipinski definition) is 4. The van der Waals surface area contributed by atoms with Crippen LogP contribution in [0.25, 0.3) is 100.0 Å². The fourth-order valence-electron chi connectivity index (χ4n) is 7.78. The predicted octanol–water partition coefficient (Wildman–Crippen LogP) is 11.3. The van der Waals surface area contributed by atoms with Gasteiger partial charge in [-0.15, -0.1) is 0 Å². The molecule has 0 aliphatic rings. The highest BCUT2D eigenvalue weighted by Crippen LogP contribution is 2.39. The Morgan fingerprint density at radius 2 is 0.941 bits per heavy atom. The van der Waals surface area contributed by atoms with Crippen molar-refractivity contribution in [2.45, 2.75) is 0 Å². The maximum Gasteiger partial charge on any atom is 0.238 e. The number of hydrogen-bond donors (Lipinski definition) is 0. The maximum atomic E-state index is 6.62. The summed E-state index contributed by atoms with van der Waals surface area (Å²) in [4.78, 5) is 15.5. The molecule has 0 saturated carbocycles. The van der Waals surface area contributed by atoms with Gasteiger partial charge in [0, 0.05) is 55.2 Å². The van der Waals surface area contributed by atoms with Gasteiger partial charge in [0.05, 0.1) is 22.1 Å². The Hall–Kier alpha value is -7.05. The minimum Gasteiger partial charge on any atom is -0.456 e. The number of benzene rings is 7. The standard InChI is InChI=1S/C45H27N5O/c1-2-13-28(14-3-1)43-46-44(48-45(47-43)50-38-22-10-6-17-32(38)33-18-7-11-23-39(33)50)35-19-12-24-40-42(35)34-26-25-29(27-41(34)51-40)49-36-20-8-4-15-30(36)31-16-5-9-21-37(31)49/h1-27H. The molecule has 0 radical (unpaired) electrons. The third kappa shape index (κ3) is 4.14. The molecule has 6 nitrogen and oxygen atoms in total. The molecule has 11 rings (SSSR count). The van der Waals surface area contributed by atoms with Crippen molar-refractivity contribution in [3.63, 3.8) is 0 Å². The number of para-hydroxylation sites is 4. The molecule has 7 aromatic carbocycles. The highest BCUT2D eigenvalue weighted by Gasteiger charge is 2.21. The molecule has 0 amide bonds. The molecular formula is C45H27N5O. The third-order valence-corrected chi connectivity index (χ3v) is 10.00. The number of nitrogens with zero attached hydrogens (tertiary/aromatic N) is 5. The SMILES string of the molecule is c1ccc(-c2nc(-c3cccc4oc5cc(-n6c7ccccc7c7ccccc76)ccc5c34)nc(-n3c4ccccc4c4ccccc43)n2)cc1. The summed E-state index contributed by atoms with van der Waals surface area (Å²) in [5.41, 5.74) is 8.83. The van der Waals surface area contributed by atoms with Gasteiger partial charge < -0.3 is 8.98 Å². The van der Waals surface area contributed by atoms with E-state index in [9.17, 15) is 0 Å². The second-order valence-electron chi connectivity index (χ2n) is 12.8. The van der Waals surface area contributed by atoms with E-state index in [4.69, 9.17) is 19.4 Å². The average molecular weight is 654 g/mol. The van der Waals surface area contributed by atoms with Crippen LogP contribution in [0, 0.1) is 0 Å². The van der Waals surface area contributed by atoms with Crippen LogP contribution >= 0.6 is 0 Å². The van der Waals surface area contributed by atoms with Crippen LogP contribution in [-0.4, -0.2) is 24.1 Å². The Morgan fingerprint density at radius 1 is 0.392 bits per heavy atom. The molecule has 0 unspecified atom stereocenters. The van der Waals surface area contributed by atoms with Crippen molar-refractivity contribution < 1.29 is 4.42 Å². The smallest absolute Gasteiger partial charge is 0.238 e. The number of furan rings is 1. The Balaban J connectivity index is 1.16. The van der Waals surface area contributed by atoms with E-state index in [-0.39, 0.29) is 0 Å². The number of aromatic nitrogens is 5. The van der Waals surface area contributed by atoms with E-state index in [1.54, 1.807) is 0 Å². The van der Waals surface area contributed by atoms with Crippen LogP contribution < -0.4 is 0 Å². The quantitative estimate of drug-likeness (QED) is 0.190. The lowest BCUT2D eigenvalue weighted by Crippen LogP contribution is -2.06. The normalized spacial score (nSPS) is 11.9. The van der Waals surface area contributed by atoms with Crippen LogP contribution in [-0.2, 0) is 0 Å². The van der Waals surface area contributed by atoms with Crippen LogP contribution in [0.3, 0.4) is 0 Å². The average Bonchev–Trinajstić information content (AvgIpc) is 3.85. The van der Waals surface area contributed by atoms with E-state index in [1.807, 2.05) is 42.5 Å². The molecule has 0 spiro atoms. The summed E-state index contributed by atoms with van der Waals surface area (Å²) in [7, 11) is 0. The van der Waals surface area contributed by atoms with Gasteiger partial charge in [-0.2, -0.15) is 9.97 Å². The molecule has 0 saturated heterocycles. The van der Waals surface area contributed by atoms with E-state index >= 15 is 0 Å². The number of rotatable bonds is 4. The first-order chi connectivity index (χ1) is 25.3. The minimum absolute atomic E-state index is 0.565. The van der Waals surface area contributed by atoms with Crippen molar-refractivity contribution in [1.82, 2.24) is 24.1 Å². The van der Waals surface area contributed by atoms with Gasteiger partial charge in [0.2, 0.25) is 5.95 Å². The summed E-state index contributed by atoms with van der Waals surface area (Å²) in [5, 5.41) is 6.73. The lowest BCUT2D eigenvalue weighted by molar-refractivity contribution is 0.668. The van der Waals surface area contributed by atoms with Crippen LogP contribution in [0.15, 0.2) is 168 Å². The van der Waals surface area contributed by atoms with Crippen molar-refractivity contribution in [3.05, 3.63) is 164 Å². The zero-order valence-corrected chi connectivity index (χ0v) is 27.2. The van der Waals surface area contributed by atoms with Crippen LogP contribution in [0.1, 0.15) is 0 Å². The molecule has 0 atom stereocenters. The molecule has 238 valence electrons. The predicted molar refractivity (Wildman–Crippen MR) is 207 cm³/mol. The van der Waals surface area contributed by atoms with Crippen molar-refractivity contribution in [3.8, 4) is 34.4 Å². The van der Waals surface area contributed by atoms with Gasteiger partial charge in [0.1, 0.15) is 11.2 Å².